The van der Waals surface area contributed by atoms with Gasteiger partial charge < -0.3 is 19.5 Å². The summed E-state index contributed by atoms with van der Waals surface area (Å²) < 4.78 is 7.56. The van der Waals surface area contributed by atoms with Gasteiger partial charge in [-0.05, 0) is 49.9 Å². The molecule has 0 radical (unpaired) electrons. The van der Waals surface area contributed by atoms with Gasteiger partial charge >= 0.3 is 0 Å². The van der Waals surface area contributed by atoms with Crippen LogP contribution >= 0.6 is 0 Å². The number of benzene rings is 1. The molecule has 1 N–H and O–H groups in total. The lowest BCUT2D eigenvalue weighted by atomic mass is 10.0. The summed E-state index contributed by atoms with van der Waals surface area (Å²) in [5.74, 6) is -0.238. The Kier molecular flexibility index (Phi) is 6.10. The Morgan fingerprint density at radius 1 is 1.32 bits per heavy atom. The third-order valence-corrected chi connectivity index (χ3v) is 6.32. The highest BCUT2D eigenvalue weighted by atomic mass is 16.5. The summed E-state index contributed by atoms with van der Waals surface area (Å²) in [5.41, 5.74) is 3.26. The number of fused-ring (bicyclic) bond motifs is 1. The molecule has 0 bridgehead atoms. The lowest BCUT2D eigenvalue weighted by molar-refractivity contribution is 0.0683. The molecule has 0 saturated carbocycles. The molecule has 7 nitrogen and oxygen atoms in total. The van der Waals surface area contributed by atoms with E-state index in [4.69, 9.17) is 4.74 Å². The largest absolute Gasteiger partial charge is 0.373 e. The second kappa shape index (κ2) is 8.94. The Balaban J connectivity index is 1.62. The average molecular weight is 421 g/mol. The molecule has 3 heterocycles. The zero-order chi connectivity index (χ0) is 22.0. The minimum Gasteiger partial charge on any atom is -0.373 e. The first-order chi connectivity index (χ1) is 15.0. The van der Waals surface area contributed by atoms with E-state index >= 15 is 0 Å². The monoisotopic (exact) mass is 420 g/mol. The minimum absolute atomic E-state index is 0.0130. The zero-order valence-electron chi connectivity index (χ0n) is 18.1. The fourth-order valence-electron chi connectivity index (χ4n) is 4.56. The van der Waals surface area contributed by atoms with Gasteiger partial charge in [-0.2, -0.15) is 5.26 Å². The van der Waals surface area contributed by atoms with E-state index in [2.05, 4.69) is 18.3 Å². The van der Waals surface area contributed by atoms with Gasteiger partial charge in [0.05, 0.1) is 42.1 Å². The van der Waals surface area contributed by atoms with Gasteiger partial charge in [0.1, 0.15) is 5.69 Å². The molecule has 0 unspecified atom stereocenters. The van der Waals surface area contributed by atoms with E-state index in [9.17, 15) is 14.9 Å². The van der Waals surface area contributed by atoms with E-state index in [1.807, 2.05) is 28.5 Å². The van der Waals surface area contributed by atoms with Gasteiger partial charge in [-0.15, -0.1) is 0 Å². The Hall–Kier alpha value is -3.11. The van der Waals surface area contributed by atoms with Crippen molar-refractivity contribution >= 4 is 11.8 Å². The molecule has 1 aromatic heterocycles. The van der Waals surface area contributed by atoms with Crippen molar-refractivity contribution in [1.29, 1.82) is 5.26 Å². The highest BCUT2D eigenvalue weighted by Gasteiger charge is 2.32. The van der Waals surface area contributed by atoms with Crippen LogP contribution in [0.3, 0.4) is 0 Å². The highest BCUT2D eigenvalue weighted by Crippen LogP contribution is 2.26. The summed E-state index contributed by atoms with van der Waals surface area (Å²) in [5, 5.41) is 12.3. The van der Waals surface area contributed by atoms with Crippen molar-refractivity contribution in [2.75, 3.05) is 13.2 Å². The van der Waals surface area contributed by atoms with Crippen LogP contribution in [0.5, 0.6) is 0 Å². The number of amides is 2. The normalized spacial score (nSPS) is 18.9. The van der Waals surface area contributed by atoms with Crippen molar-refractivity contribution in [3.63, 3.8) is 0 Å². The van der Waals surface area contributed by atoms with Gasteiger partial charge in [0.2, 0.25) is 0 Å². The molecule has 2 atom stereocenters. The van der Waals surface area contributed by atoms with Crippen molar-refractivity contribution in [3.8, 4) is 6.07 Å². The number of aromatic nitrogens is 1. The van der Waals surface area contributed by atoms with Crippen molar-refractivity contribution in [1.82, 2.24) is 14.8 Å². The van der Waals surface area contributed by atoms with Crippen LogP contribution in [0.1, 0.15) is 76.8 Å². The molecule has 2 aliphatic heterocycles. The number of hydrogen-bond donors (Lipinski definition) is 1. The number of carbonyl (C=O) groups is 2. The maximum absolute atomic E-state index is 13.3. The maximum atomic E-state index is 13.3. The molecule has 4 rings (SSSR count). The van der Waals surface area contributed by atoms with Crippen LogP contribution in [-0.4, -0.2) is 40.5 Å². The third kappa shape index (κ3) is 4.08. The Bertz CT molecular complexity index is 1040. The Morgan fingerprint density at radius 3 is 2.87 bits per heavy atom. The molecule has 1 fully saturated rings. The van der Waals surface area contributed by atoms with Gasteiger partial charge in [0, 0.05) is 19.1 Å². The Labute approximate surface area is 182 Å². The Morgan fingerprint density at radius 2 is 2.16 bits per heavy atom. The van der Waals surface area contributed by atoms with Crippen molar-refractivity contribution in [2.45, 2.75) is 58.3 Å². The predicted molar refractivity (Wildman–Crippen MR) is 115 cm³/mol. The van der Waals surface area contributed by atoms with Crippen LogP contribution in [0.15, 0.2) is 30.3 Å². The maximum Gasteiger partial charge on any atom is 0.270 e. The SMILES string of the molecule is CC[C@@H](NC(=O)c1cc(C(=O)N2CCC[C@@H]2C)n2c1COCC2)c1cccc(C#N)c1. The van der Waals surface area contributed by atoms with Crippen LogP contribution in [0.25, 0.3) is 0 Å². The number of nitrogens with zero attached hydrogens (tertiary/aromatic N) is 3. The summed E-state index contributed by atoms with van der Waals surface area (Å²) in [6, 6.07) is 11.1. The molecule has 7 heteroatoms. The number of nitrogens with one attached hydrogen (secondary N) is 1. The first kappa shape index (κ1) is 21.1. The number of ether oxygens (including phenoxy) is 1. The van der Waals surface area contributed by atoms with Crippen molar-refractivity contribution in [2.24, 2.45) is 0 Å². The van der Waals surface area contributed by atoms with Crippen LogP contribution < -0.4 is 5.32 Å². The van der Waals surface area contributed by atoms with Gasteiger partial charge in [0.15, 0.2) is 0 Å². The van der Waals surface area contributed by atoms with Crippen LogP contribution in [-0.2, 0) is 17.9 Å². The number of hydrogen-bond acceptors (Lipinski definition) is 4. The van der Waals surface area contributed by atoms with E-state index in [1.165, 1.54) is 0 Å². The van der Waals surface area contributed by atoms with Crippen LogP contribution in [0.2, 0.25) is 0 Å². The molecular formula is C24H28N4O3. The van der Waals surface area contributed by atoms with E-state index < -0.39 is 0 Å². The molecule has 2 aliphatic rings. The van der Waals surface area contributed by atoms with Crippen molar-refractivity contribution in [3.05, 3.63) is 58.4 Å². The standard InChI is InChI=1S/C24H28N4O3/c1-3-20(18-8-4-7-17(12-18)14-25)26-23(29)19-13-21(28-10-11-31-15-22(19)28)24(30)27-9-5-6-16(27)2/h4,7-8,12-13,16,20H,3,5-6,9-11,15H2,1-2H3,(H,26,29)/t16-,20+/m0/s1. The number of carbonyl (C=O) groups excluding carboxylic acids is 2. The van der Waals surface area contributed by atoms with Gasteiger partial charge in [-0.3, -0.25) is 9.59 Å². The lowest BCUT2D eigenvalue weighted by Crippen LogP contribution is -2.35. The molecule has 0 aliphatic carbocycles. The van der Waals surface area contributed by atoms with E-state index in [-0.39, 0.29) is 23.9 Å². The molecule has 2 aromatic rings. The number of nitriles is 1. The third-order valence-electron chi connectivity index (χ3n) is 6.32. The summed E-state index contributed by atoms with van der Waals surface area (Å²) in [6.07, 6.45) is 2.71. The summed E-state index contributed by atoms with van der Waals surface area (Å²) >= 11 is 0. The summed E-state index contributed by atoms with van der Waals surface area (Å²) in [6.45, 7) is 6.22. The summed E-state index contributed by atoms with van der Waals surface area (Å²) in [7, 11) is 0. The van der Waals surface area contributed by atoms with Crippen LogP contribution in [0.4, 0.5) is 0 Å². The molecular weight excluding hydrogens is 392 g/mol. The first-order valence-electron chi connectivity index (χ1n) is 11.0. The minimum atomic E-state index is -0.225. The summed E-state index contributed by atoms with van der Waals surface area (Å²) in [4.78, 5) is 28.4. The number of likely N-dealkylation sites (tertiary alicyclic amines) is 1. The van der Waals surface area contributed by atoms with Crippen LogP contribution in [0, 0.1) is 11.3 Å². The molecule has 1 saturated heterocycles. The second-order valence-electron chi connectivity index (χ2n) is 8.26. The molecule has 31 heavy (non-hydrogen) atoms. The molecule has 2 amide bonds. The lowest BCUT2D eigenvalue weighted by Gasteiger charge is -2.24. The fraction of sp³-hybridized carbons (Fsp3) is 0.458. The molecule has 162 valence electrons. The smallest absolute Gasteiger partial charge is 0.270 e. The first-order valence-corrected chi connectivity index (χ1v) is 11.0. The van der Waals surface area contributed by atoms with E-state index in [0.717, 1.165) is 30.6 Å². The van der Waals surface area contributed by atoms with E-state index in [0.29, 0.717) is 43.0 Å². The van der Waals surface area contributed by atoms with E-state index in [1.54, 1.807) is 18.2 Å². The second-order valence-corrected chi connectivity index (χ2v) is 8.26. The highest BCUT2D eigenvalue weighted by molar-refractivity contribution is 6.01. The van der Waals surface area contributed by atoms with Crippen molar-refractivity contribution < 1.29 is 14.3 Å². The predicted octanol–water partition coefficient (Wildman–Crippen LogP) is 3.40. The molecule has 1 aromatic carbocycles. The van der Waals surface area contributed by atoms with Gasteiger partial charge in [-0.25, -0.2) is 0 Å². The zero-order valence-corrected chi connectivity index (χ0v) is 18.1. The average Bonchev–Trinajstić information content (AvgIpc) is 3.40. The molecule has 0 spiro atoms. The number of rotatable bonds is 5. The topological polar surface area (TPSA) is 87.4 Å². The van der Waals surface area contributed by atoms with Gasteiger partial charge in [0.25, 0.3) is 11.8 Å². The quantitative estimate of drug-likeness (QED) is 0.803. The van der Waals surface area contributed by atoms with Gasteiger partial charge in [-0.1, -0.05) is 19.1 Å². The fourth-order valence-corrected chi connectivity index (χ4v) is 4.56.